The van der Waals surface area contributed by atoms with E-state index in [0.717, 1.165) is 18.9 Å². The Labute approximate surface area is 108 Å². The Bertz CT molecular complexity index is 496. The van der Waals surface area contributed by atoms with Crippen LogP contribution in [0.25, 0.3) is 0 Å². The van der Waals surface area contributed by atoms with Crippen LogP contribution < -0.4 is 5.32 Å². The minimum atomic E-state index is -1.18. The number of benzene rings is 1. The number of nitro benzene ring substituents is 1. The van der Waals surface area contributed by atoms with Gasteiger partial charge in [0.15, 0.2) is 0 Å². The summed E-state index contributed by atoms with van der Waals surface area (Å²) in [5.41, 5.74) is -0.833. The first-order valence-electron chi connectivity index (χ1n) is 6.00. The first-order valence-corrected chi connectivity index (χ1v) is 6.00. The molecule has 1 N–H and O–H groups in total. The second kappa shape index (κ2) is 5.48. The molecule has 7 heteroatoms. The first-order chi connectivity index (χ1) is 8.97. The summed E-state index contributed by atoms with van der Waals surface area (Å²) in [6, 6.07) is 1.38. The lowest BCUT2D eigenvalue weighted by atomic mass is 10.2. The van der Waals surface area contributed by atoms with Crippen molar-refractivity contribution in [1.29, 1.82) is 0 Å². The highest BCUT2D eigenvalue weighted by molar-refractivity contribution is 5.53. The monoisotopic (exact) mass is 272 g/mol. The Balaban J connectivity index is 2.07. The highest BCUT2D eigenvalue weighted by atomic mass is 19.1. The molecule has 0 aromatic heterocycles. The van der Waals surface area contributed by atoms with E-state index in [1.165, 1.54) is 0 Å². The molecule has 1 aliphatic heterocycles. The number of halogens is 2. The molecule has 19 heavy (non-hydrogen) atoms. The summed E-state index contributed by atoms with van der Waals surface area (Å²) in [4.78, 5) is 9.70. The van der Waals surface area contributed by atoms with Crippen molar-refractivity contribution < 1.29 is 18.4 Å². The SMILES string of the molecule is CC1CCC(CNc2cc([N+](=O)[O-])c(F)cc2F)O1. The molecule has 1 aromatic rings. The fourth-order valence-electron chi connectivity index (χ4n) is 2.07. The van der Waals surface area contributed by atoms with Crippen LogP contribution in [-0.4, -0.2) is 23.7 Å². The molecule has 0 amide bonds. The van der Waals surface area contributed by atoms with Crippen LogP contribution in [0.5, 0.6) is 0 Å². The molecule has 0 aliphatic carbocycles. The van der Waals surface area contributed by atoms with Crippen molar-refractivity contribution in [3.8, 4) is 0 Å². The van der Waals surface area contributed by atoms with Crippen molar-refractivity contribution in [2.45, 2.75) is 32.0 Å². The van der Waals surface area contributed by atoms with E-state index in [9.17, 15) is 18.9 Å². The van der Waals surface area contributed by atoms with Gasteiger partial charge in [-0.3, -0.25) is 10.1 Å². The van der Waals surface area contributed by atoms with E-state index in [1.54, 1.807) is 0 Å². The maximum Gasteiger partial charge on any atom is 0.307 e. The first kappa shape index (κ1) is 13.7. The second-order valence-corrected chi connectivity index (χ2v) is 4.57. The van der Waals surface area contributed by atoms with Crippen molar-refractivity contribution in [3.63, 3.8) is 0 Å². The van der Waals surface area contributed by atoms with Gasteiger partial charge in [0.25, 0.3) is 0 Å². The maximum atomic E-state index is 13.5. The Kier molecular flexibility index (Phi) is 3.94. The predicted molar refractivity (Wildman–Crippen MR) is 65.1 cm³/mol. The molecule has 2 atom stereocenters. The number of hydrogen-bond donors (Lipinski definition) is 1. The number of nitrogens with one attached hydrogen (secondary N) is 1. The van der Waals surface area contributed by atoms with Crippen molar-refractivity contribution in [2.75, 3.05) is 11.9 Å². The molecular formula is C12H14F2N2O3. The van der Waals surface area contributed by atoms with Gasteiger partial charge in [0, 0.05) is 18.7 Å². The summed E-state index contributed by atoms with van der Waals surface area (Å²) in [6.07, 6.45) is 1.88. The summed E-state index contributed by atoms with van der Waals surface area (Å²) in [6.45, 7) is 2.29. The smallest absolute Gasteiger partial charge is 0.307 e. The third-order valence-corrected chi connectivity index (χ3v) is 3.07. The summed E-state index contributed by atoms with van der Waals surface area (Å²) in [5.74, 6) is -2.03. The summed E-state index contributed by atoms with van der Waals surface area (Å²) in [5, 5.41) is 13.3. The van der Waals surface area contributed by atoms with Gasteiger partial charge in [-0.1, -0.05) is 0 Å². The van der Waals surface area contributed by atoms with E-state index < -0.39 is 22.2 Å². The topological polar surface area (TPSA) is 64.4 Å². The van der Waals surface area contributed by atoms with Gasteiger partial charge in [-0.2, -0.15) is 4.39 Å². The lowest BCUT2D eigenvalue weighted by molar-refractivity contribution is -0.387. The number of nitrogens with zero attached hydrogens (tertiary/aromatic N) is 1. The van der Waals surface area contributed by atoms with Crippen LogP contribution in [0.1, 0.15) is 19.8 Å². The number of hydrogen-bond acceptors (Lipinski definition) is 4. The van der Waals surface area contributed by atoms with Gasteiger partial charge in [-0.05, 0) is 19.8 Å². The molecule has 0 radical (unpaired) electrons. The average molecular weight is 272 g/mol. The molecule has 1 aliphatic rings. The van der Waals surface area contributed by atoms with E-state index in [1.807, 2.05) is 6.92 Å². The predicted octanol–water partition coefficient (Wildman–Crippen LogP) is 2.85. The van der Waals surface area contributed by atoms with E-state index in [2.05, 4.69) is 5.32 Å². The normalized spacial score (nSPS) is 22.5. The maximum absolute atomic E-state index is 13.5. The minimum absolute atomic E-state index is 0.0569. The van der Waals surface area contributed by atoms with Crippen molar-refractivity contribution >= 4 is 11.4 Å². The number of rotatable bonds is 4. The fraction of sp³-hybridized carbons (Fsp3) is 0.500. The van der Waals surface area contributed by atoms with Gasteiger partial charge in [0.2, 0.25) is 5.82 Å². The zero-order valence-corrected chi connectivity index (χ0v) is 10.4. The van der Waals surface area contributed by atoms with Crippen LogP contribution in [0.3, 0.4) is 0 Å². The minimum Gasteiger partial charge on any atom is -0.380 e. The highest BCUT2D eigenvalue weighted by Crippen LogP contribution is 2.26. The molecule has 0 spiro atoms. The van der Waals surface area contributed by atoms with Crippen LogP contribution in [-0.2, 0) is 4.74 Å². The molecule has 0 saturated carbocycles. The van der Waals surface area contributed by atoms with Gasteiger partial charge in [0.05, 0.1) is 22.8 Å². The molecule has 0 bridgehead atoms. The van der Waals surface area contributed by atoms with E-state index in [4.69, 9.17) is 4.74 Å². The van der Waals surface area contributed by atoms with Crippen LogP contribution in [0.4, 0.5) is 20.2 Å². The Morgan fingerprint density at radius 1 is 1.42 bits per heavy atom. The van der Waals surface area contributed by atoms with Crippen molar-refractivity contribution in [2.24, 2.45) is 0 Å². The second-order valence-electron chi connectivity index (χ2n) is 4.57. The summed E-state index contributed by atoms with van der Waals surface area (Å²) >= 11 is 0. The van der Waals surface area contributed by atoms with E-state index >= 15 is 0 Å². The van der Waals surface area contributed by atoms with Crippen LogP contribution in [0, 0.1) is 21.7 Å². The van der Waals surface area contributed by atoms with Crippen LogP contribution in [0.15, 0.2) is 12.1 Å². The van der Waals surface area contributed by atoms with E-state index in [-0.39, 0.29) is 17.9 Å². The highest BCUT2D eigenvalue weighted by Gasteiger charge is 2.23. The van der Waals surface area contributed by atoms with Gasteiger partial charge in [-0.15, -0.1) is 0 Å². The molecule has 5 nitrogen and oxygen atoms in total. The zero-order valence-electron chi connectivity index (χ0n) is 10.4. The number of nitro groups is 1. The number of anilines is 1. The average Bonchev–Trinajstić information content (AvgIpc) is 2.73. The van der Waals surface area contributed by atoms with Gasteiger partial charge in [-0.25, -0.2) is 4.39 Å². The van der Waals surface area contributed by atoms with Crippen LogP contribution in [0.2, 0.25) is 0 Å². The molecule has 1 heterocycles. The largest absolute Gasteiger partial charge is 0.380 e. The molecule has 1 fully saturated rings. The van der Waals surface area contributed by atoms with Crippen molar-refractivity contribution in [1.82, 2.24) is 0 Å². The Hall–Kier alpha value is -1.76. The molecule has 1 aromatic carbocycles. The molecule has 104 valence electrons. The van der Waals surface area contributed by atoms with E-state index in [0.29, 0.717) is 12.6 Å². The Morgan fingerprint density at radius 3 is 2.74 bits per heavy atom. The van der Waals surface area contributed by atoms with Crippen molar-refractivity contribution in [3.05, 3.63) is 33.9 Å². The quantitative estimate of drug-likeness (QED) is 0.676. The molecule has 2 rings (SSSR count). The standard InChI is InChI=1S/C12H14F2N2O3/c1-7-2-3-8(19-7)6-15-11-5-12(16(17)18)10(14)4-9(11)13/h4-5,7-8,15H,2-3,6H2,1H3. The Morgan fingerprint density at radius 2 is 2.16 bits per heavy atom. The third-order valence-electron chi connectivity index (χ3n) is 3.07. The lowest BCUT2D eigenvalue weighted by Gasteiger charge is -2.13. The van der Waals surface area contributed by atoms with Gasteiger partial charge in [0.1, 0.15) is 5.82 Å². The van der Waals surface area contributed by atoms with Crippen LogP contribution >= 0.6 is 0 Å². The van der Waals surface area contributed by atoms with Gasteiger partial charge < -0.3 is 10.1 Å². The lowest BCUT2D eigenvalue weighted by Crippen LogP contribution is -2.20. The molecular weight excluding hydrogens is 258 g/mol. The molecule has 1 saturated heterocycles. The third kappa shape index (κ3) is 3.17. The number of ether oxygens (including phenoxy) is 1. The zero-order chi connectivity index (χ0) is 14.0. The van der Waals surface area contributed by atoms with Gasteiger partial charge >= 0.3 is 5.69 Å². The summed E-state index contributed by atoms with van der Waals surface area (Å²) < 4.78 is 32.1. The molecule has 2 unspecified atom stereocenters. The fourth-order valence-corrected chi connectivity index (χ4v) is 2.07. The summed E-state index contributed by atoms with van der Waals surface area (Å²) in [7, 11) is 0.